The van der Waals surface area contributed by atoms with Crippen molar-refractivity contribution in [3.8, 4) is 0 Å². The number of nitrogens with one attached hydrogen (secondary N) is 1. The lowest BCUT2D eigenvalue weighted by atomic mass is 9.88. The van der Waals surface area contributed by atoms with Gasteiger partial charge in [-0.25, -0.2) is 0 Å². The summed E-state index contributed by atoms with van der Waals surface area (Å²) in [5.74, 6) is 2.90. The van der Waals surface area contributed by atoms with Gasteiger partial charge >= 0.3 is 0 Å². The maximum absolute atomic E-state index is 5.73. The maximum Gasteiger partial charge on any atom is 0.111 e. The number of hydrogen-bond donors (Lipinski definition) is 1. The van der Waals surface area contributed by atoms with Crippen LogP contribution in [0.5, 0.6) is 0 Å². The van der Waals surface area contributed by atoms with Gasteiger partial charge in [0.2, 0.25) is 0 Å². The minimum Gasteiger partial charge on any atom is -0.466 e. The third kappa shape index (κ3) is 1.63. The van der Waals surface area contributed by atoms with Crippen molar-refractivity contribution in [2.45, 2.75) is 32.1 Å². The Morgan fingerprint density at radius 2 is 2.46 bits per heavy atom. The standard InChI is InChI=1S/C11H17NO/c1-8-6-9-4-3-5-10(7-12-2)11(9)13-8/h6,10,12H,3-5,7H2,1-2H3. The normalized spacial score (nSPS) is 21.5. The first-order chi connectivity index (χ1) is 6.31. The van der Waals surface area contributed by atoms with Crippen LogP contribution in [0.2, 0.25) is 0 Å². The van der Waals surface area contributed by atoms with Gasteiger partial charge in [-0.3, -0.25) is 0 Å². The Labute approximate surface area is 79.3 Å². The van der Waals surface area contributed by atoms with E-state index in [0.29, 0.717) is 5.92 Å². The fourth-order valence-electron chi connectivity index (χ4n) is 2.24. The molecule has 2 heteroatoms. The van der Waals surface area contributed by atoms with Crippen LogP contribution in [-0.2, 0) is 6.42 Å². The molecule has 1 aliphatic carbocycles. The van der Waals surface area contributed by atoms with E-state index in [-0.39, 0.29) is 0 Å². The van der Waals surface area contributed by atoms with Gasteiger partial charge in [0.15, 0.2) is 0 Å². The molecule has 0 amide bonds. The van der Waals surface area contributed by atoms with Crippen molar-refractivity contribution >= 4 is 0 Å². The first-order valence-corrected chi connectivity index (χ1v) is 5.05. The number of fused-ring (bicyclic) bond motifs is 1. The molecule has 0 spiro atoms. The fraction of sp³-hybridized carbons (Fsp3) is 0.636. The van der Waals surface area contributed by atoms with Crippen LogP contribution in [-0.4, -0.2) is 13.6 Å². The number of rotatable bonds is 2. The molecule has 1 atom stereocenters. The predicted octanol–water partition coefficient (Wildman–Crippen LogP) is 2.23. The number of hydrogen-bond acceptors (Lipinski definition) is 2. The van der Waals surface area contributed by atoms with Gasteiger partial charge < -0.3 is 9.73 Å². The second-order valence-electron chi connectivity index (χ2n) is 3.89. The van der Waals surface area contributed by atoms with Gasteiger partial charge in [0.1, 0.15) is 11.5 Å². The summed E-state index contributed by atoms with van der Waals surface area (Å²) >= 11 is 0. The lowest BCUT2D eigenvalue weighted by molar-refractivity contribution is 0.397. The van der Waals surface area contributed by atoms with Gasteiger partial charge in [0.05, 0.1) is 0 Å². The van der Waals surface area contributed by atoms with Crippen LogP contribution in [0.1, 0.15) is 35.8 Å². The van der Waals surface area contributed by atoms with E-state index in [1.165, 1.54) is 30.6 Å². The van der Waals surface area contributed by atoms with Crippen LogP contribution in [0.4, 0.5) is 0 Å². The monoisotopic (exact) mass is 179 g/mol. The SMILES string of the molecule is CNCC1CCCc2cc(C)oc21. The summed E-state index contributed by atoms with van der Waals surface area (Å²) in [5, 5.41) is 3.23. The van der Waals surface area contributed by atoms with Crippen molar-refractivity contribution in [3.63, 3.8) is 0 Å². The molecule has 0 aromatic carbocycles. The summed E-state index contributed by atoms with van der Waals surface area (Å²) in [6, 6.07) is 2.19. The molecule has 1 heterocycles. The molecule has 72 valence electrons. The average Bonchev–Trinajstić information content (AvgIpc) is 2.47. The van der Waals surface area contributed by atoms with E-state index in [1.54, 1.807) is 0 Å². The Morgan fingerprint density at radius 3 is 3.23 bits per heavy atom. The molecular formula is C11H17NO. The summed E-state index contributed by atoms with van der Waals surface area (Å²) in [7, 11) is 2.00. The Hall–Kier alpha value is -0.760. The van der Waals surface area contributed by atoms with Gasteiger partial charge in [-0.15, -0.1) is 0 Å². The van der Waals surface area contributed by atoms with E-state index < -0.39 is 0 Å². The molecule has 1 aromatic rings. The van der Waals surface area contributed by atoms with Crippen LogP contribution in [0.3, 0.4) is 0 Å². The molecule has 2 nitrogen and oxygen atoms in total. The highest BCUT2D eigenvalue weighted by molar-refractivity contribution is 5.27. The highest BCUT2D eigenvalue weighted by Gasteiger charge is 2.23. The van der Waals surface area contributed by atoms with Crippen molar-refractivity contribution in [1.82, 2.24) is 5.32 Å². The molecule has 0 bridgehead atoms. The van der Waals surface area contributed by atoms with Gasteiger partial charge in [-0.05, 0) is 44.9 Å². The van der Waals surface area contributed by atoms with Crippen LogP contribution in [0, 0.1) is 6.92 Å². The molecule has 2 rings (SSSR count). The van der Waals surface area contributed by atoms with Gasteiger partial charge in [-0.1, -0.05) is 0 Å². The van der Waals surface area contributed by atoms with Gasteiger partial charge in [0.25, 0.3) is 0 Å². The molecule has 0 saturated carbocycles. The molecule has 0 fully saturated rings. The Kier molecular flexibility index (Phi) is 2.40. The zero-order chi connectivity index (χ0) is 9.26. The van der Waals surface area contributed by atoms with E-state index in [1.807, 2.05) is 14.0 Å². The Bertz CT molecular complexity index is 290. The summed E-state index contributed by atoms with van der Waals surface area (Å²) in [6.45, 7) is 3.08. The van der Waals surface area contributed by atoms with Crippen LogP contribution in [0.15, 0.2) is 10.5 Å². The minimum atomic E-state index is 0.599. The average molecular weight is 179 g/mol. The Morgan fingerprint density at radius 1 is 1.62 bits per heavy atom. The van der Waals surface area contributed by atoms with E-state index in [0.717, 1.165) is 12.3 Å². The molecule has 0 aliphatic heterocycles. The van der Waals surface area contributed by atoms with Gasteiger partial charge in [0, 0.05) is 12.5 Å². The second-order valence-corrected chi connectivity index (χ2v) is 3.89. The molecule has 1 N–H and O–H groups in total. The van der Waals surface area contributed by atoms with Crippen molar-refractivity contribution in [2.24, 2.45) is 0 Å². The zero-order valence-electron chi connectivity index (χ0n) is 8.39. The second kappa shape index (κ2) is 3.54. The third-order valence-corrected chi connectivity index (χ3v) is 2.78. The van der Waals surface area contributed by atoms with E-state index >= 15 is 0 Å². The van der Waals surface area contributed by atoms with Crippen molar-refractivity contribution < 1.29 is 4.42 Å². The lowest BCUT2D eigenvalue weighted by Crippen LogP contribution is -2.20. The molecule has 1 aliphatic rings. The fourth-order valence-corrected chi connectivity index (χ4v) is 2.24. The summed E-state index contributed by atoms with van der Waals surface area (Å²) in [6.07, 6.45) is 3.77. The van der Waals surface area contributed by atoms with E-state index in [2.05, 4.69) is 11.4 Å². The summed E-state index contributed by atoms with van der Waals surface area (Å²) in [5.41, 5.74) is 1.43. The molecular weight excluding hydrogens is 162 g/mol. The van der Waals surface area contributed by atoms with Crippen molar-refractivity contribution in [1.29, 1.82) is 0 Å². The smallest absolute Gasteiger partial charge is 0.111 e. The maximum atomic E-state index is 5.73. The highest BCUT2D eigenvalue weighted by atomic mass is 16.3. The quantitative estimate of drug-likeness (QED) is 0.753. The van der Waals surface area contributed by atoms with Crippen molar-refractivity contribution in [3.05, 3.63) is 23.2 Å². The highest BCUT2D eigenvalue weighted by Crippen LogP contribution is 2.33. The molecule has 0 saturated heterocycles. The zero-order valence-corrected chi connectivity index (χ0v) is 8.39. The first-order valence-electron chi connectivity index (χ1n) is 5.05. The minimum absolute atomic E-state index is 0.599. The van der Waals surface area contributed by atoms with Crippen LogP contribution in [0.25, 0.3) is 0 Å². The first kappa shape index (κ1) is 8.82. The summed E-state index contributed by atoms with van der Waals surface area (Å²) < 4.78 is 5.73. The number of aryl methyl sites for hydroxylation is 2. The number of furan rings is 1. The molecule has 13 heavy (non-hydrogen) atoms. The van der Waals surface area contributed by atoms with Crippen LogP contribution >= 0.6 is 0 Å². The summed E-state index contributed by atoms with van der Waals surface area (Å²) in [4.78, 5) is 0. The third-order valence-electron chi connectivity index (χ3n) is 2.78. The predicted molar refractivity (Wildman–Crippen MR) is 53.1 cm³/mol. The topological polar surface area (TPSA) is 25.2 Å². The van der Waals surface area contributed by atoms with E-state index in [9.17, 15) is 0 Å². The number of likely N-dealkylation sites (N-methyl/N-ethyl adjacent to an activating group) is 1. The van der Waals surface area contributed by atoms with Crippen molar-refractivity contribution in [2.75, 3.05) is 13.6 Å². The Balaban J connectivity index is 2.25. The van der Waals surface area contributed by atoms with Gasteiger partial charge in [-0.2, -0.15) is 0 Å². The lowest BCUT2D eigenvalue weighted by Gasteiger charge is -2.20. The largest absolute Gasteiger partial charge is 0.466 e. The van der Waals surface area contributed by atoms with E-state index in [4.69, 9.17) is 4.42 Å². The molecule has 1 aromatic heterocycles. The molecule has 1 unspecified atom stereocenters. The molecule has 0 radical (unpaired) electrons. The van der Waals surface area contributed by atoms with Crippen LogP contribution < -0.4 is 5.32 Å².